The average molecular weight is 379 g/mol. The van der Waals surface area contributed by atoms with E-state index in [1.54, 1.807) is 18.2 Å². The molecule has 106 valence electrons. The lowest BCUT2D eigenvalue weighted by Gasteiger charge is -2.11. The van der Waals surface area contributed by atoms with Crippen molar-refractivity contribution in [1.29, 1.82) is 0 Å². The van der Waals surface area contributed by atoms with Gasteiger partial charge in [-0.15, -0.1) is 0 Å². The highest BCUT2D eigenvalue weighted by atomic mass is 79.9. The van der Waals surface area contributed by atoms with Gasteiger partial charge in [0.1, 0.15) is 10.6 Å². The lowest BCUT2D eigenvalue weighted by Crippen LogP contribution is -2.14. The number of nitrogens with zero attached hydrogens (tertiary/aromatic N) is 2. The average Bonchev–Trinajstić information content (AvgIpc) is 2.39. The summed E-state index contributed by atoms with van der Waals surface area (Å²) in [6.45, 7) is 0. The maximum Gasteiger partial charge on any atom is 0.265 e. The van der Waals surface area contributed by atoms with Gasteiger partial charge in [-0.2, -0.15) is 0 Å². The van der Waals surface area contributed by atoms with E-state index in [9.17, 15) is 8.42 Å². The van der Waals surface area contributed by atoms with Crippen LogP contribution in [-0.2, 0) is 10.0 Å². The monoisotopic (exact) mass is 377 g/mol. The van der Waals surface area contributed by atoms with Crippen LogP contribution in [0.5, 0.6) is 5.75 Å². The zero-order valence-electron chi connectivity index (χ0n) is 10.2. The summed E-state index contributed by atoms with van der Waals surface area (Å²) < 4.78 is 32.6. The van der Waals surface area contributed by atoms with Crippen molar-refractivity contribution in [3.63, 3.8) is 0 Å². The Kier molecular flexibility index (Phi) is 4.46. The minimum atomic E-state index is -3.81. The predicted octanol–water partition coefficient (Wildman–Crippen LogP) is 2.70. The van der Waals surface area contributed by atoms with Crippen molar-refractivity contribution >= 4 is 43.2 Å². The minimum Gasteiger partial charge on any atom is -0.495 e. The van der Waals surface area contributed by atoms with Gasteiger partial charge in [-0.05, 0) is 29.8 Å². The van der Waals surface area contributed by atoms with Crippen LogP contribution < -0.4 is 9.46 Å². The van der Waals surface area contributed by atoms with Crippen LogP contribution in [0.3, 0.4) is 0 Å². The molecular formula is C11H9BrClN3O3S. The van der Waals surface area contributed by atoms with Crippen LogP contribution in [0.25, 0.3) is 0 Å². The van der Waals surface area contributed by atoms with Crippen LogP contribution in [0.15, 0.2) is 40.0 Å². The molecule has 0 atom stereocenters. The topological polar surface area (TPSA) is 81.2 Å². The number of aromatic nitrogens is 2. The fourth-order valence-electron chi connectivity index (χ4n) is 1.40. The molecular weight excluding hydrogens is 370 g/mol. The summed E-state index contributed by atoms with van der Waals surface area (Å²) in [5.74, 6) is 0.395. The standard InChI is InChI=1S/C11H9BrClN3O3S/c1-19-10-3-2-7(12)4-9(10)16-20(17,18)8-5-14-11(13)15-6-8/h2-6,16H,1H3. The lowest BCUT2D eigenvalue weighted by molar-refractivity contribution is 0.417. The molecule has 2 rings (SSSR count). The first-order valence-electron chi connectivity index (χ1n) is 5.26. The second-order valence-corrected chi connectivity index (χ2v) is 6.57. The first-order valence-corrected chi connectivity index (χ1v) is 7.92. The summed E-state index contributed by atoms with van der Waals surface area (Å²) in [4.78, 5) is 7.19. The van der Waals surface area contributed by atoms with E-state index in [1.807, 2.05) is 0 Å². The van der Waals surface area contributed by atoms with Gasteiger partial charge in [0.2, 0.25) is 5.28 Å². The first kappa shape index (κ1) is 15.0. The van der Waals surface area contributed by atoms with Crippen molar-refractivity contribution in [1.82, 2.24) is 9.97 Å². The Morgan fingerprint density at radius 1 is 1.30 bits per heavy atom. The van der Waals surface area contributed by atoms with Crippen LogP contribution in [0.4, 0.5) is 5.69 Å². The Bertz CT molecular complexity index is 722. The van der Waals surface area contributed by atoms with Crippen LogP contribution in [0, 0.1) is 0 Å². The number of hydrogen-bond donors (Lipinski definition) is 1. The van der Waals surface area contributed by atoms with Crippen LogP contribution in [-0.4, -0.2) is 25.5 Å². The van der Waals surface area contributed by atoms with Gasteiger partial charge in [-0.25, -0.2) is 18.4 Å². The number of benzene rings is 1. The van der Waals surface area contributed by atoms with Gasteiger partial charge in [0.25, 0.3) is 10.0 Å². The van der Waals surface area contributed by atoms with Crippen molar-refractivity contribution in [3.05, 3.63) is 40.3 Å². The predicted molar refractivity (Wildman–Crippen MR) is 78.5 cm³/mol. The number of nitrogens with one attached hydrogen (secondary N) is 1. The van der Waals surface area contributed by atoms with Crippen molar-refractivity contribution in [3.8, 4) is 5.75 Å². The third-order valence-corrected chi connectivity index (χ3v) is 4.32. The molecule has 0 fully saturated rings. The maximum absolute atomic E-state index is 12.2. The van der Waals surface area contributed by atoms with E-state index >= 15 is 0 Å². The SMILES string of the molecule is COc1ccc(Br)cc1NS(=O)(=O)c1cnc(Cl)nc1. The van der Waals surface area contributed by atoms with Gasteiger partial charge in [-0.3, -0.25) is 4.72 Å². The number of rotatable bonds is 4. The number of methoxy groups -OCH3 is 1. The number of sulfonamides is 1. The van der Waals surface area contributed by atoms with Gasteiger partial charge >= 0.3 is 0 Å². The molecule has 2 aromatic rings. The van der Waals surface area contributed by atoms with Crippen molar-refractivity contribution < 1.29 is 13.2 Å². The van der Waals surface area contributed by atoms with E-state index in [4.69, 9.17) is 16.3 Å². The van der Waals surface area contributed by atoms with E-state index < -0.39 is 10.0 Å². The summed E-state index contributed by atoms with van der Waals surface area (Å²) >= 11 is 8.79. The third-order valence-electron chi connectivity index (χ3n) is 2.31. The highest BCUT2D eigenvalue weighted by Crippen LogP contribution is 2.29. The quantitative estimate of drug-likeness (QED) is 0.827. The molecule has 0 aliphatic rings. The molecule has 1 aromatic heterocycles. The zero-order chi connectivity index (χ0) is 14.8. The molecule has 0 unspecified atom stereocenters. The summed E-state index contributed by atoms with van der Waals surface area (Å²) in [6.07, 6.45) is 2.25. The largest absolute Gasteiger partial charge is 0.495 e. The fraction of sp³-hybridized carbons (Fsp3) is 0.0909. The Morgan fingerprint density at radius 2 is 1.95 bits per heavy atom. The molecule has 0 spiro atoms. The fourth-order valence-corrected chi connectivity index (χ4v) is 2.81. The number of hydrogen-bond acceptors (Lipinski definition) is 5. The van der Waals surface area contributed by atoms with Gasteiger partial charge in [0.15, 0.2) is 0 Å². The number of ether oxygens (including phenoxy) is 1. The van der Waals surface area contributed by atoms with E-state index in [0.29, 0.717) is 15.9 Å². The smallest absolute Gasteiger partial charge is 0.265 e. The molecule has 0 saturated carbocycles. The highest BCUT2D eigenvalue weighted by molar-refractivity contribution is 9.10. The van der Waals surface area contributed by atoms with Gasteiger partial charge in [0, 0.05) is 4.47 Å². The molecule has 9 heteroatoms. The molecule has 20 heavy (non-hydrogen) atoms. The van der Waals surface area contributed by atoms with Crippen molar-refractivity contribution in [2.45, 2.75) is 4.90 Å². The zero-order valence-corrected chi connectivity index (χ0v) is 13.3. The summed E-state index contributed by atoms with van der Waals surface area (Å²) in [5, 5.41) is -0.0241. The van der Waals surface area contributed by atoms with Crippen molar-refractivity contribution in [2.24, 2.45) is 0 Å². The molecule has 1 N–H and O–H groups in total. The van der Waals surface area contributed by atoms with Crippen LogP contribution >= 0.6 is 27.5 Å². The van der Waals surface area contributed by atoms with Crippen LogP contribution in [0.1, 0.15) is 0 Å². The second kappa shape index (κ2) is 5.94. The molecule has 0 radical (unpaired) electrons. The van der Waals surface area contributed by atoms with E-state index in [-0.39, 0.29) is 10.2 Å². The molecule has 0 saturated heterocycles. The number of halogens is 2. The van der Waals surface area contributed by atoms with Gasteiger partial charge in [-0.1, -0.05) is 15.9 Å². The van der Waals surface area contributed by atoms with E-state index in [2.05, 4.69) is 30.6 Å². The molecule has 1 aromatic carbocycles. The second-order valence-electron chi connectivity index (χ2n) is 3.64. The first-order chi connectivity index (χ1) is 9.42. The summed E-state index contributed by atoms with van der Waals surface area (Å²) in [5.41, 5.74) is 0.303. The normalized spacial score (nSPS) is 11.2. The van der Waals surface area contributed by atoms with Crippen LogP contribution in [0.2, 0.25) is 5.28 Å². The Balaban J connectivity index is 2.37. The molecule has 0 aliphatic heterocycles. The van der Waals surface area contributed by atoms with Gasteiger partial charge in [0.05, 0.1) is 25.2 Å². The molecule has 6 nitrogen and oxygen atoms in total. The Hall–Kier alpha value is -1.38. The molecule has 0 bridgehead atoms. The molecule has 0 amide bonds. The molecule has 1 heterocycles. The summed E-state index contributed by atoms with van der Waals surface area (Å²) in [7, 11) is -2.36. The molecule has 0 aliphatic carbocycles. The van der Waals surface area contributed by atoms with E-state index in [1.165, 1.54) is 7.11 Å². The Morgan fingerprint density at radius 3 is 2.55 bits per heavy atom. The minimum absolute atomic E-state index is 0.0241. The summed E-state index contributed by atoms with van der Waals surface area (Å²) in [6, 6.07) is 4.97. The van der Waals surface area contributed by atoms with Gasteiger partial charge < -0.3 is 4.74 Å². The third kappa shape index (κ3) is 3.38. The highest BCUT2D eigenvalue weighted by Gasteiger charge is 2.17. The van der Waals surface area contributed by atoms with Crippen molar-refractivity contribution in [2.75, 3.05) is 11.8 Å². The van der Waals surface area contributed by atoms with E-state index in [0.717, 1.165) is 12.4 Å². The number of anilines is 1. The Labute approximate surface area is 129 Å². The maximum atomic E-state index is 12.2. The lowest BCUT2D eigenvalue weighted by atomic mass is 10.3.